The predicted octanol–water partition coefficient (Wildman–Crippen LogP) is 2.22. The Bertz CT molecular complexity index is 461. The van der Waals surface area contributed by atoms with E-state index < -0.39 is 0 Å². The van der Waals surface area contributed by atoms with E-state index >= 15 is 0 Å². The number of anilines is 1. The predicted molar refractivity (Wildman–Crippen MR) is 69.0 cm³/mol. The van der Waals surface area contributed by atoms with E-state index in [4.69, 9.17) is 5.73 Å². The molecule has 1 saturated heterocycles. The zero-order valence-corrected chi connectivity index (χ0v) is 9.91. The van der Waals surface area contributed by atoms with Crippen molar-refractivity contribution in [1.29, 1.82) is 0 Å². The number of para-hydroxylation sites is 1. The highest BCUT2D eigenvalue weighted by Gasteiger charge is 2.25. The first-order valence-electron chi connectivity index (χ1n) is 5.71. The van der Waals surface area contributed by atoms with E-state index in [1.807, 2.05) is 6.07 Å². The average molecular weight is 233 g/mol. The summed E-state index contributed by atoms with van der Waals surface area (Å²) in [6.07, 6.45) is 2.43. The molecule has 2 heterocycles. The van der Waals surface area contributed by atoms with Gasteiger partial charge in [-0.1, -0.05) is 23.5 Å². The van der Waals surface area contributed by atoms with Crippen molar-refractivity contribution < 1.29 is 0 Å². The number of rotatable bonds is 2. The quantitative estimate of drug-likeness (QED) is 0.865. The third kappa shape index (κ3) is 1.58. The van der Waals surface area contributed by atoms with Crippen LogP contribution in [-0.4, -0.2) is 24.1 Å². The molecule has 1 aromatic carbocycles. The number of fused-ring (bicyclic) bond motifs is 1. The summed E-state index contributed by atoms with van der Waals surface area (Å²) in [5, 5.41) is 1.13. The summed E-state index contributed by atoms with van der Waals surface area (Å²) in [5.41, 5.74) is 6.89. The van der Waals surface area contributed by atoms with Gasteiger partial charge in [0.15, 0.2) is 5.13 Å². The van der Waals surface area contributed by atoms with Crippen LogP contribution >= 0.6 is 11.3 Å². The van der Waals surface area contributed by atoms with Crippen LogP contribution in [0.25, 0.3) is 10.2 Å². The summed E-state index contributed by atoms with van der Waals surface area (Å²) in [6, 6.07) is 8.79. The summed E-state index contributed by atoms with van der Waals surface area (Å²) in [5.74, 6) is 0. The van der Waals surface area contributed by atoms with Gasteiger partial charge in [-0.2, -0.15) is 0 Å². The number of thiazole rings is 1. The minimum absolute atomic E-state index is 0.487. The molecule has 3 rings (SSSR count). The Hall–Kier alpha value is -1.13. The standard InChI is InChI=1S/C12H15N3S/c13-8-9-4-3-7-15(9)12-14-10-5-1-2-6-11(10)16-12/h1-2,5-6,9H,3-4,7-8,13H2/t9-/m1/s1. The Labute approximate surface area is 98.9 Å². The van der Waals surface area contributed by atoms with E-state index in [2.05, 4.69) is 28.1 Å². The Morgan fingerprint density at radius 1 is 1.44 bits per heavy atom. The van der Waals surface area contributed by atoms with E-state index in [0.717, 1.165) is 23.7 Å². The summed E-state index contributed by atoms with van der Waals surface area (Å²) < 4.78 is 1.26. The average Bonchev–Trinajstić information content (AvgIpc) is 2.94. The first-order chi connectivity index (χ1) is 7.88. The highest BCUT2D eigenvalue weighted by molar-refractivity contribution is 7.22. The first kappa shape index (κ1) is 10.1. The molecule has 1 atom stereocenters. The monoisotopic (exact) mass is 233 g/mol. The van der Waals surface area contributed by atoms with Crippen LogP contribution in [0.1, 0.15) is 12.8 Å². The molecule has 84 valence electrons. The number of aromatic nitrogens is 1. The van der Waals surface area contributed by atoms with Gasteiger partial charge in [-0.25, -0.2) is 4.98 Å². The van der Waals surface area contributed by atoms with Crippen molar-refractivity contribution >= 4 is 26.7 Å². The summed E-state index contributed by atoms with van der Waals surface area (Å²) in [6.45, 7) is 1.83. The van der Waals surface area contributed by atoms with Crippen molar-refractivity contribution in [3.8, 4) is 0 Å². The van der Waals surface area contributed by atoms with Crippen LogP contribution in [0.5, 0.6) is 0 Å². The van der Waals surface area contributed by atoms with E-state index in [1.165, 1.54) is 17.5 Å². The molecule has 0 radical (unpaired) electrons. The molecule has 0 saturated carbocycles. The van der Waals surface area contributed by atoms with E-state index in [0.29, 0.717) is 6.04 Å². The fraction of sp³-hybridized carbons (Fsp3) is 0.417. The molecule has 0 spiro atoms. The molecular formula is C12H15N3S. The number of benzene rings is 1. The van der Waals surface area contributed by atoms with Crippen LogP contribution in [0.2, 0.25) is 0 Å². The number of nitrogens with zero attached hydrogens (tertiary/aromatic N) is 2. The molecule has 3 nitrogen and oxygen atoms in total. The van der Waals surface area contributed by atoms with Gasteiger partial charge < -0.3 is 10.6 Å². The lowest BCUT2D eigenvalue weighted by atomic mass is 10.2. The SMILES string of the molecule is NC[C@H]1CCCN1c1nc2ccccc2s1. The van der Waals surface area contributed by atoms with Crippen molar-refractivity contribution in [2.75, 3.05) is 18.0 Å². The molecule has 1 fully saturated rings. The molecule has 16 heavy (non-hydrogen) atoms. The lowest BCUT2D eigenvalue weighted by molar-refractivity contribution is 0.676. The minimum atomic E-state index is 0.487. The van der Waals surface area contributed by atoms with Gasteiger partial charge in [-0.15, -0.1) is 0 Å². The second-order valence-electron chi connectivity index (χ2n) is 4.19. The van der Waals surface area contributed by atoms with Gasteiger partial charge >= 0.3 is 0 Å². The van der Waals surface area contributed by atoms with Crippen LogP contribution in [-0.2, 0) is 0 Å². The van der Waals surface area contributed by atoms with E-state index in [1.54, 1.807) is 11.3 Å². The maximum atomic E-state index is 5.79. The first-order valence-corrected chi connectivity index (χ1v) is 6.52. The van der Waals surface area contributed by atoms with Crippen molar-refractivity contribution in [3.63, 3.8) is 0 Å². The molecule has 2 aromatic rings. The molecule has 0 aliphatic carbocycles. The van der Waals surface area contributed by atoms with Gasteiger partial charge in [0, 0.05) is 19.1 Å². The zero-order chi connectivity index (χ0) is 11.0. The Kier molecular flexibility index (Phi) is 2.53. The Balaban J connectivity index is 1.99. The normalized spacial score (nSPS) is 20.8. The summed E-state index contributed by atoms with van der Waals surface area (Å²) >= 11 is 1.77. The molecule has 4 heteroatoms. The molecule has 1 aliphatic heterocycles. The smallest absolute Gasteiger partial charge is 0.186 e. The minimum Gasteiger partial charge on any atom is -0.344 e. The molecule has 0 bridgehead atoms. The highest BCUT2D eigenvalue weighted by Crippen LogP contribution is 2.32. The van der Waals surface area contributed by atoms with Gasteiger partial charge in [0.25, 0.3) is 0 Å². The fourth-order valence-corrected chi connectivity index (χ4v) is 3.38. The van der Waals surface area contributed by atoms with E-state index in [9.17, 15) is 0 Å². The molecule has 2 N–H and O–H groups in total. The molecule has 0 unspecified atom stereocenters. The van der Waals surface area contributed by atoms with Crippen molar-refractivity contribution in [1.82, 2.24) is 4.98 Å². The van der Waals surface area contributed by atoms with Crippen LogP contribution < -0.4 is 10.6 Å². The van der Waals surface area contributed by atoms with Crippen LogP contribution in [0.15, 0.2) is 24.3 Å². The number of hydrogen-bond donors (Lipinski definition) is 1. The lowest BCUT2D eigenvalue weighted by Gasteiger charge is -2.22. The van der Waals surface area contributed by atoms with Crippen molar-refractivity contribution in [2.45, 2.75) is 18.9 Å². The number of nitrogens with two attached hydrogens (primary N) is 1. The van der Waals surface area contributed by atoms with Crippen LogP contribution in [0.4, 0.5) is 5.13 Å². The van der Waals surface area contributed by atoms with Crippen molar-refractivity contribution in [2.24, 2.45) is 5.73 Å². The third-order valence-corrected chi connectivity index (χ3v) is 4.25. The van der Waals surface area contributed by atoms with Gasteiger partial charge in [0.1, 0.15) is 0 Å². The van der Waals surface area contributed by atoms with Crippen LogP contribution in [0, 0.1) is 0 Å². The third-order valence-electron chi connectivity index (χ3n) is 3.18. The molecule has 1 aliphatic rings. The van der Waals surface area contributed by atoms with Gasteiger partial charge in [0.2, 0.25) is 0 Å². The fourth-order valence-electron chi connectivity index (χ4n) is 2.32. The lowest BCUT2D eigenvalue weighted by Crippen LogP contribution is -2.35. The topological polar surface area (TPSA) is 42.1 Å². The molecular weight excluding hydrogens is 218 g/mol. The van der Waals surface area contributed by atoms with Crippen LogP contribution in [0.3, 0.4) is 0 Å². The van der Waals surface area contributed by atoms with Gasteiger partial charge in [0.05, 0.1) is 10.2 Å². The molecule has 0 amide bonds. The highest BCUT2D eigenvalue weighted by atomic mass is 32.1. The summed E-state index contributed by atoms with van der Waals surface area (Å²) in [4.78, 5) is 7.05. The maximum Gasteiger partial charge on any atom is 0.186 e. The van der Waals surface area contributed by atoms with E-state index in [-0.39, 0.29) is 0 Å². The Morgan fingerprint density at radius 2 is 2.31 bits per heavy atom. The molecule has 1 aromatic heterocycles. The van der Waals surface area contributed by atoms with Gasteiger partial charge in [-0.05, 0) is 25.0 Å². The zero-order valence-electron chi connectivity index (χ0n) is 9.10. The second-order valence-corrected chi connectivity index (χ2v) is 5.20. The van der Waals surface area contributed by atoms with Crippen molar-refractivity contribution in [3.05, 3.63) is 24.3 Å². The Morgan fingerprint density at radius 3 is 3.12 bits per heavy atom. The largest absolute Gasteiger partial charge is 0.344 e. The summed E-state index contributed by atoms with van der Waals surface area (Å²) in [7, 11) is 0. The van der Waals surface area contributed by atoms with Gasteiger partial charge in [-0.3, -0.25) is 0 Å². The maximum absolute atomic E-state index is 5.79. The second kappa shape index (κ2) is 4.03. The number of hydrogen-bond acceptors (Lipinski definition) is 4.